The molecule has 0 saturated heterocycles. The molecule has 0 aromatic heterocycles. The Bertz CT molecular complexity index is 489. The molecule has 0 bridgehead atoms. The second kappa shape index (κ2) is 10.0. The van der Waals surface area contributed by atoms with E-state index in [1.807, 2.05) is 6.08 Å². The van der Waals surface area contributed by atoms with Crippen LogP contribution in [0.2, 0.25) is 0 Å². The van der Waals surface area contributed by atoms with Gasteiger partial charge >= 0.3 is 12.1 Å². The largest absolute Gasteiger partial charge is 0.490 e. The van der Waals surface area contributed by atoms with E-state index in [9.17, 15) is 22.8 Å². The van der Waals surface area contributed by atoms with Gasteiger partial charge in [-0.1, -0.05) is 18.9 Å². The van der Waals surface area contributed by atoms with Gasteiger partial charge in [-0.3, -0.25) is 9.59 Å². The number of allylic oxidation sites excluding steroid dienone is 1. The first-order chi connectivity index (χ1) is 11.4. The molecule has 144 valence electrons. The Kier molecular flexibility index (Phi) is 9.18. The lowest BCUT2D eigenvalue weighted by atomic mass is 9.82. The summed E-state index contributed by atoms with van der Waals surface area (Å²) in [4.78, 5) is 31.3. The standard InChI is InChI=1S/C13H23N3O2.C2HF3O2/c1-2-5-13(6-3-4-7-13)9-16-12(18)10(14)8-11(15)17;3-2(4,5)1(6)7/h2,10H,1,3-9,14H2,(H2,15,17)(H,16,18);(H,6,7)/t10-;/m0./s1. The third kappa shape index (κ3) is 9.08. The van der Waals surface area contributed by atoms with Gasteiger partial charge in [-0.15, -0.1) is 6.58 Å². The van der Waals surface area contributed by atoms with Crippen molar-refractivity contribution < 1.29 is 32.7 Å². The molecule has 0 aliphatic heterocycles. The number of rotatable bonds is 7. The summed E-state index contributed by atoms with van der Waals surface area (Å²) in [6.07, 6.45) is 2.20. The van der Waals surface area contributed by atoms with Gasteiger partial charge in [0.1, 0.15) is 0 Å². The first-order valence-electron chi connectivity index (χ1n) is 7.66. The topological polar surface area (TPSA) is 136 Å². The van der Waals surface area contributed by atoms with E-state index >= 15 is 0 Å². The Hall–Kier alpha value is -2.10. The van der Waals surface area contributed by atoms with E-state index in [4.69, 9.17) is 21.4 Å². The van der Waals surface area contributed by atoms with E-state index in [2.05, 4.69) is 11.9 Å². The van der Waals surface area contributed by atoms with Gasteiger partial charge < -0.3 is 21.9 Å². The number of carbonyl (C=O) groups is 3. The molecule has 0 aromatic carbocycles. The normalized spacial score (nSPS) is 17.0. The molecule has 6 N–H and O–H groups in total. The van der Waals surface area contributed by atoms with Crippen molar-refractivity contribution in [3.05, 3.63) is 12.7 Å². The molecule has 1 atom stereocenters. The molecule has 7 nitrogen and oxygen atoms in total. The third-order valence-electron chi connectivity index (χ3n) is 3.88. The maximum absolute atomic E-state index is 11.7. The lowest BCUT2D eigenvalue weighted by molar-refractivity contribution is -0.192. The fourth-order valence-corrected chi connectivity index (χ4v) is 2.60. The predicted octanol–water partition coefficient (Wildman–Crippen LogP) is 1.08. The first-order valence-corrected chi connectivity index (χ1v) is 7.66. The molecule has 1 fully saturated rings. The number of carboxylic acids is 1. The summed E-state index contributed by atoms with van der Waals surface area (Å²) in [6.45, 7) is 4.37. The summed E-state index contributed by atoms with van der Waals surface area (Å²) in [5.41, 5.74) is 10.7. The maximum atomic E-state index is 11.7. The lowest BCUT2D eigenvalue weighted by Crippen LogP contribution is -2.46. The van der Waals surface area contributed by atoms with E-state index in [1.54, 1.807) is 0 Å². The zero-order valence-electron chi connectivity index (χ0n) is 13.8. The van der Waals surface area contributed by atoms with Crippen molar-refractivity contribution >= 4 is 17.8 Å². The Balaban J connectivity index is 0.000000697. The highest BCUT2D eigenvalue weighted by Crippen LogP contribution is 2.40. The van der Waals surface area contributed by atoms with E-state index in [0.717, 1.165) is 19.3 Å². The summed E-state index contributed by atoms with van der Waals surface area (Å²) in [6, 6.07) is -0.843. The Labute approximate surface area is 143 Å². The summed E-state index contributed by atoms with van der Waals surface area (Å²) in [7, 11) is 0. The van der Waals surface area contributed by atoms with Gasteiger partial charge in [0, 0.05) is 6.54 Å². The molecule has 1 saturated carbocycles. The van der Waals surface area contributed by atoms with Crippen LogP contribution in [0.3, 0.4) is 0 Å². The van der Waals surface area contributed by atoms with Crippen LogP contribution in [-0.2, 0) is 14.4 Å². The fraction of sp³-hybridized carbons (Fsp3) is 0.667. The predicted molar refractivity (Wildman–Crippen MR) is 84.2 cm³/mol. The Morgan fingerprint density at radius 3 is 2.12 bits per heavy atom. The smallest absolute Gasteiger partial charge is 0.475 e. The van der Waals surface area contributed by atoms with Crippen molar-refractivity contribution in [2.24, 2.45) is 16.9 Å². The molecule has 1 aliphatic carbocycles. The van der Waals surface area contributed by atoms with E-state index in [-0.39, 0.29) is 17.7 Å². The van der Waals surface area contributed by atoms with Crippen LogP contribution in [0, 0.1) is 5.41 Å². The van der Waals surface area contributed by atoms with Crippen LogP contribution in [0.4, 0.5) is 13.2 Å². The zero-order valence-corrected chi connectivity index (χ0v) is 13.8. The lowest BCUT2D eigenvalue weighted by Gasteiger charge is -2.28. The number of hydrogen-bond donors (Lipinski definition) is 4. The highest BCUT2D eigenvalue weighted by molar-refractivity contribution is 5.87. The second-order valence-corrected chi connectivity index (χ2v) is 6.00. The van der Waals surface area contributed by atoms with Gasteiger partial charge in [-0.2, -0.15) is 13.2 Å². The van der Waals surface area contributed by atoms with Crippen LogP contribution in [0.15, 0.2) is 12.7 Å². The van der Waals surface area contributed by atoms with Gasteiger partial charge in [0.2, 0.25) is 11.8 Å². The number of amides is 2. The number of carbonyl (C=O) groups excluding carboxylic acids is 2. The molecule has 2 amide bonds. The molecule has 25 heavy (non-hydrogen) atoms. The van der Waals surface area contributed by atoms with Crippen molar-refractivity contribution in [3.63, 3.8) is 0 Å². The van der Waals surface area contributed by atoms with Crippen LogP contribution in [0.1, 0.15) is 38.5 Å². The zero-order chi connectivity index (χ0) is 19.7. The molecule has 0 heterocycles. The Morgan fingerprint density at radius 2 is 1.76 bits per heavy atom. The van der Waals surface area contributed by atoms with Crippen LogP contribution in [0.25, 0.3) is 0 Å². The number of hydrogen-bond acceptors (Lipinski definition) is 4. The van der Waals surface area contributed by atoms with Crippen molar-refractivity contribution in [3.8, 4) is 0 Å². The van der Waals surface area contributed by atoms with Gasteiger partial charge in [0.05, 0.1) is 12.5 Å². The molecule has 0 unspecified atom stereocenters. The van der Waals surface area contributed by atoms with Crippen LogP contribution in [-0.4, -0.2) is 41.7 Å². The Morgan fingerprint density at radius 1 is 1.28 bits per heavy atom. The highest BCUT2D eigenvalue weighted by Gasteiger charge is 2.38. The molecule has 1 aliphatic rings. The average Bonchev–Trinajstić information content (AvgIpc) is 2.93. The second-order valence-electron chi connectivity index (χ2n) is 6.00. The highest BCUT2D eigenvalue weighted by atomic mass is 19.4. The van der Waals surface area contributed by atoms with Gasteiger partial charge in [-0.05, 0) is 24.7 Å². The number of nitrogens with two attached hydrogens (primary N) is 2. The van der Waals surface area contributed by atoms with Crippen molar-refractivity contribution in [2.75, 3.05) is 6.54 Å². The molecule has 1 rings (SSSR count). The first kappa shape index (κ1) is 22.9. The summed E-state index contributed by atoms with van der Waals surface area (Å²) < 4.78 is 31.7. The fourth-order valence-electron chi connectivity index (χ4n) is 2.60. The van der Waals surface area contributed by atoms with Crippen molar-refractivity contribution in [1.29, 1.82) is 0 Å². The molecule has 0 spiro atoms. The minimum atomic E-state index is -5.08. The van der Waals surface area contributed by atoms with Gasteiger partial charge in [0.15, 0.2) is 0 Å². The SMILES string of the molecule is C=CCC1(CNC(=O)[C@@H](N)CC(N)=O)CCCC1.O=C(O)C(F)(F)F. The summed E-state index contributed by atoms with van der Waals surface area (Å²) in [5, 5.41) is 9.96. The third-order valence-corrected chi connectivity index (χ3v) is 3.88. The minimum absolute atomic E-state index is 0.111. The summed E-state index contributed by atoms with van der Waals surface area (Å²) in [5.74, 6) is -3.61. The number of nitrogens with one attached hydrogen (secondary N) is 1. The molecular weight excluding hydrogens is 343 g/mol. The molecular formula is C15H24F3N3O4. The van der Waals surface area contributed by atoms with Crippen LogP contribution in [0.5, 0.6) is 0 Å². The molecule has 0 radical (unpaired) electrons. The van der Waals surface area contributed by atoms with E-state index in [1.165, 1.54) is 12.8 Å². The van der Waals surface area contributed by atoms with Crippen molar-refractivity contribution in [1.82, 2.24) is 5.32 Å². The molecule has 10 heteroatoms. The van der Waals surface area contributed by atoms with Gasteiger partial charge in [-0.25, -0.2) is 4.79 Å². The average molecular weight is 367 g/mol. The van der Waals surface area contributed by atoms with E-state index in [0.29, 0.717) is 6.54 Å². The number of primary amides is 1. The monoisotopic (exact) mass is 367 g/mol. The van der Waals surface area contributed by atoms with Gasteiger partial charge in [0.25, 0.3) is 0 Å². The number of halogens is 3. The number of aliphatic carboxylic acids is 1. The quantitative estimate of drug-likeness (QED) is 0.499. The van der Waals surface area contributed by atoms with E-state index < -0.39 is 24.1 Å². The summed E-state index contributed by atoms with van der Waals surface area (Å²) >= 11 is 0. The minimum Gasteiger partial charge on any atom is -0.475 e. The number of alkyl halides is 3. The van der Waals surface area contributed by atoms with Crippen LogP contribution < -0.4 is 16.8 Å². The maximum Gasteiger partial charge on any atom is 0.490 e. The number of carboxylic acid groups (broad SMARTS) is 1. The van der Waals surface area contributed by atoms with Crippen molar-refractivity contribution in [2.45, 2.75) is 50.7 Å². The van der Waals surface area contributed by atoms with Crippen LogP contribution >= 0.6 is 0 Å². The molecule has 0 aromatic rings.